The number of nitrogens with one attached hydrogen (secondary N) is 3. The van der Waals surface area contributed by atoms with Gasteiger partial charge in [-0.1, -0.05) is 27.7 Å². The van der Waals surface area contributed by atoms with Gasteiger partial charge in [0.15, 0.2) is 11.1 Å². The smallest absolute Gasteiger partial charge is 0.226 e. The summed E-state index contributed by atoms with van der Waals surface area (Å²) in [5.74, 6) is -0.345. The summed E-state index contributed by atoms with van der Waals surface area (Å²) in [6.07, 6.45) is 1.10. The molecule has 1 atom stereocenters. The first kappa shape index (κ1) is 26.0. The molecule has 0 radical (unpaired) electrons. The lowest BCUT2D eigenvalue weighted by atomic mass is 9.73. The SMILES string of the molecule is CNC(C)(C)CC(C)(C)NC(=O)C(C)(C)CC(C)(C)C(=O)NCCS(=O)O. The van der Waals surface area contributed by atoms with E-state index >= 15 is 0 Å². The van der Waals surface area contributed by atoms with Crippen LogP contribution in [0.3, 0.4) is 0 Å². The standard InChI is InChI=1S/C19H39N3O4S/c1-16(2,14(23)21-10-11-27(25)26)12-17(3,4)15(24)22-19(7,8)13-18(5,6)20-9/h20H,10-13H2,1-9H3,(H,21,23)(H,22,24)(H,25,26). The van der Waals surface area contributed by atoms with Gasteiger partial charge < -0.3 is 20.5 Å². The molecule has 160 valence electrons. The molecule has 0 bridgehead atoms. The van der Waals surface area contributed by atoms with Gasteiger partial charge in [0.25, 0.3) is 0 Å². The second-order valence-electron chi connectivity index (χ2n) is 9.87. The molecular weight excluding hydrogens is 366 g/mol. The lowest BCUT2D eigenvalue weighted by molar-refractivity contribution is -0.136. The molecule has 4 N–H and O–H groups in total. The fourth-order valence-corrected chi connectivity index (χ4v) is 3.75. The molecule has 0 aliphatic carbocycles. The van der Waals surface area contributed by atoms with Gasteiger partial charge in [0, 0.05) is 28.5 Å². The number of carbonyl (C=O) groups excluding carboxylic acids is 2. The Kier molecular flexibility index (Phi) is 9.13. The average Bonchev–Trinajstić information content (AvgIpc) is 2.43. The maximum atomic E-state index is 12.9. The van der Waals surface area contributed by atoms with Gasteiger partial charge >= 0.3 is 0 Å². The van der Waals surface area contributed by atoms with E-state index in [1.165, 1.54) is 0 Å². The van der Waals surface area contributed by atoms with Crippen LogP contribution in [-0.4, -0.2) is 51.0 Å². The predicted octanol–water partition coefficient (Wildman–Crippen LogP) is 2.05. The first-order valence-electron chi connectivity index (χ1n) is 9.31. The van der Waals surface area contributed by atoms with Crippen molar-refractivity contribution in [2.24, 2.45) is 10.8 Å². The van der Waals surface area contributed by atoms with Crippen LogP contribution < -0.4 is 16.0 Å². The van der Waals surface area contributed by atoms with Crippen LogP contribution in [0, 0.1) is 10.8 Å². The van der Waals surface area contributed by atoms with Crippen LogP contribution >= 0.6 is 0 Å². The monoisotopic (exact) mass is 405 g/mol. The Morgan fingerprint density at radius 3 is 1.78 bits per heavy atom. The van der Waals surface area contributed by atoms with Gasteiger partial charge in [0.2, 0.25) is 11.8 Å². The van der Waals surface area contributed by atoms with Gasteiger partial charge in [-0.15, -0.1) is 0 Å². The molecule has 0 aromatic carbocycles. The Hall–Kier alpha value is -0.990. The van der Waals surface area contributed by atoms with E-state index < -0.39 is 27.4 Å². The minimum absolute atomic E-state index is 0.0128. The number of rotatable bonds is 11. The molecule has 7 nitrogen and oxygen atoms in total. The Morgan fingerprint density at radius 1 is 0.852 bits per heavy atom. The van der Waals surface area contributed by atoms with Crippen molar-refractivity contribution >= 4 is 22.9 Å². The van der Waals surface area contributed by atoms with Gasteiger partial charge in [0.1, 0.15) is 0 Å². The minimum atomic E-state index is -1.94. The normalized spacial score (nSPS) is 14.6. The largest absolute Gasteiger partial charge is 0.355 e. The predicted molar refractivity (Wildman–Crippen MR) is 111 cm³/mol. The third-order valence-electron chi connectivity index (χ3n) is 4.69. The summed E-state index contributed by atoms with van der Waals surface area (Å²) in [5.41, 5.74) is -2.06. The van der Waals surface area contributed by atoms with Crippen LogP contribution in [0.1, 0.15) is 68.2 Å². The molecule has 0 saturated heterocycles. The van der Waals surface area contributed by atoms with Crippen LogP contribution in [0.4, 0.5) is 0 Å². The summed E-state index contributed by atoms with van der Waals surface area (Å²) < 4.78 is 19.5. The van der Waals surface area contributed by atoms with E-state index in [9.17, 15) is 13.8 Å². The summed E-state index contributed by atoms with van der Waals surface area (Å²) in [6.45, 7) is 15.5. The molecule has 8 heteroatoms. The van der Waals surface area contributed by atoms with Gasteiger partial charge in [0.05, 0.1) is 5.75 Å². The zero-order chi connectivity index (χ0) is 21.7. The number of amides is 2. The number of hydrogen-bond donors (Lipinski definition) is 4. The highest BCUT2D eigenvalue weighted by atomic mass is 32.2. The summed E-state index contributed by atoms with van der Waals surface area (Å²) in [6, 6.07) is 0. The highest BCUT2D eigenvalue weighted by molar-refractivity contribution is 7.79. The topological polar surface area (TPSA) is 108 Å². The van der Waals surface area contributed by atoms with Crippen LogP contribution in [0.25, 0.3) is 0 Å². The third kappa shape index (κ3) is 9.67. The minimum Gasteiger partial charge on any atom is -0.355 e. The lowest BCUT2D eigenvalue weighted by Gasteiger charge is -2.39. The van der Waals surface area contributed by atoms with E-state index in [2.05, 4.69) is 29.8 Å². The maximum absolute atomic E-state index is 12.9. The van der Waals surface area contributed by atoms with E-state index in [0.717, 1.165) is 6.42 Å². The van der Waals surface area contributed by atoms with E-state index in [0.29, 0.717) is 6.42 Å². The first-order chi connectivity index (χ1) is 11.9. The lowest BCUT2D eigenvalue weighted by Crippen LogP contribution is -2.55. The summed E-state index contributed by atoms with van der Waals surface area (Å²) in [4.78, 5) is 25.3. The van der Waals surface area contributed by atoms with Crippen molar-refractivity contribution in [2.75, 3.05) is 19.3 Å². The Bertz CT molecular complexity index is 557. The van der Waals surface area contributed by atoms with Crippen molar-refractivity contribution in [3.63, 3.8) is 0 Å². The van der Waals surface area contributed by atoms with E-state index in [4.69, 9.17) is 4.55 Å². The molecule has 0 spiro atoms. The highest BCUT2D eigenvalue weighted by Crippen LogP contribution is 2.35. The van der Waals surface area contributed by atoms with Crippen molar-refractivity contribution in [1.29, 1.82) is 0 Å². The molecule has 0 saturated carbocycles. The van der Waals surface area contributed by atoms with Crippen molar-refractivity contribution in [1.82, 2.24) is 16.0 Å². The first-order valence-corrected chi connectivity index (χ1v) is 10.6. The van der Waals surface area contributed by atoms with Crippen molar-refractivity contribution in [3.8, 4) is 0 Å². The Labute approximate surface area is 167 Å². The quantitative estimate of drug-likeness (QED) is 0.394. The molecule has 1 unspecified atom stereocenters. The van der Waals surface area contributed by atoms with Crippen LogP contribution in [0.15, 0.2) is 0 Å². The molecule has 0 aromatic rings. The Morgan fingerprint density at radius 2 is 1.33 bits per heavy atom. The molecule has 0 rings (SSSR count). The fourth-order valence-electron chi connectivity index (χ4n) is 3.47. The van der Waals surface area contributed by atoms with E-state index in [1.54, 1.807) is 13.8 Å². The van der Waals surface area contributed by atoms with E-state index in [1.807, 2.05) is 34.7 Å². The summed E-state index contributed by atoms with van der Waals surface area (Å²) >= 11 is -1.94. The second kappa shape index (κ2) is 9.47. The summed E-state index contributed by atoms with van der Waals surface area (Å²) in [5, 5.41) is 9.04. The molecule has 0 aromatic heterocycles. The third-order valence-corrected chi connectivity index (χ3v) is 5.24. The van der Waals surface area contributed by atoms with Crippen LogP contribution in [-0.2, 0) is 20.7 Å². The summed E-state index contributed by atoms with van der Waals surface area (Å²) in [7, 11) is 1.90. The molecule has 2 amide bonds. The zero-order valence-electron chi connectivity index (χ0n) is 18.4. The average molecular weight is 406 g/mol. The number of hydrogen-bond acceptors (Lipinski definition) is 4. The van der Waals surface area contributed by atoms with Crippen molar-refractivity contribution in [2.45, 2.75) is 79.3 Å². The van der Waals surface area contributed by atoms with E-state index in [-0.39, 0.29) is 29.7 Å². The van der Waals surface area contributed by atoms with Crippen molar-refractivity contribution < 1.29 is 18.4 Å². The van der Waals surface area contributed by atoms with Gasteiger partial charge in [-0.2, -0.15) is 0 Å². The van der Waals surface area contributed by atoms with Gasteiger partial charge in [-0.3, -0.25) is 9.59 Å². The second-order valence-corrected chi connectivity index (χ2v) is 10.9. The fraction of sp³-hybridized carbons (Fsp3) is 0.895. The molecule has 27 heavy (non-hydrogen) atoms. The Balaban J connectivity index is 4.99. The van der Waals surface area contributed by atoms with Crippen molar-refractivity contribution in [3.05, 3.63) is 0 Å². The van der Waals surface area contributed by atoms with Gasteiger partial charge in [-0.05, 0) is 47.6 Å². The van der Waals surface area contributed by atoms with Gasteiger partial charge in [-0.25, -0.2) is 4.21 Å². The molecule has 0 aliphatic heterocycles. The highest BCUT2D eigenvalue weighted by Gasteiger charge is 2.41. The molecular formula is C19H39N3O4S. The zero-order valence-corrected chi connectivity index (χ0v) is 19.2. The van der Waals surface area contributed by atoms with Crippen LogP contribution in [0.2, 0.25) is 0 Å². The van der Waals surface area contributed by atoms with Crippen LogP contribution in [0.5, 0.6) is 0 Å². The molecule has 0 aliphatic rings. The number of carbonyl (C=O) groups is 2. The maximum Gasteiger partial charge on any atom is 0.226 e. The molecule has 0 fully saturated rings. The molecule has 0 heterocycles.